The fourth-order valence-corrected chi connectivity index (χ4v) is 4.84. The lowest BCUT2D eigenvalue weighted by molar-refractivity contribution is -0.432. The molecule has 0 aliphatic carbocycles. The molecule has 0 fully saturated rings. The second kappa shape index (κ2) is 11.2. The van der Waals surface area contributed by atoms with Crippen molar-refractivity contribution in [1.82, 2.24) is 0 Å². The van der Waals surface area contributed by atoms with E-state index in [0.717, 1.165) is 34.4 Å². The number of aryl methyl sites for hydroxylation is 1. The maximum absolute atomic E-state index is 12.7. The van der Waals surface area contributed by atoms with Crippen molar-refractivity contribution in [2.45, 2.75) is 16.7 Å². The number of carbonyl (C=O) groups is 2. The lowest BCUT2D eigenvalue weighted by Gasteiger charge is -2.13. The van der Waals surface area contributed by atoms with Crippen molar-refractivity contribution in [3.63, 3.8) is 0 Å². The molecule has 0 aromatic heterocycles. The smallest absolute Gasteiger partial charge is 0.341 e. The van der Waals surface area contributed by atoms with Gasteiger partial charge in [-0.15, -0.1) is 4.33 Å². The number of hydrogen-bond donors (Lipinski definition) is 5. The number of ether oxygens (including phenoxy) is 1. The molecule has 12 nitrogen and oxygen atoms in total. The molecule has 198 valence electrons. The van der Waals surface area contributed by atoms with Gasteiger partial charge in [-0.1, -0.05) is 11.1 Å². The Kier molecular flexibility index (Phi) is 8.01. The Hall–Kier alpha value is -3.92. The molecule has 0 bridgehead atoms. The summed E-state index contributed by atoms with van der Waals surface area (Å²) in [6.45, 7) is 1.18. The largest absolute Gasteiger partial charge is 0.481 e. The van der Waals surface area contributed by atoms with Gasteiger partial charge in [0.2, 0.25) is 0 Å². The van der Waals surface area contributed by atoms with Crippen molar-refractivity contribution in [1.29, 1.82) is 0 Å². The SMILES string of the molecule is Cc1cc(SOOO)cc2cc(NC(=O)Nc3ccc4c(OCC(=O)O)cc(S(=O)(=O)O)cc4c3)ccc12. The van der Waals surface area contributed by atoms with Crippen LogP contribution in [0.25, 0.3) is 21.5 Å². The first-order valence-electron chi connectivity index (χ1n) is 10.7. The Morgan fingerprint density at radius 3 is 2.16 bits per heavy atom. The molecule has 4 aromatic carbocycles. The minimum Gasteiger partial charge on any atom is -0.481 e. The fourth-order valence-electron chi connectivity index (χ4n) is 3.80. The van der Waals surface area contributed by atoms with Gasteiger partial charge in [0.15, 0.2) is 6.61 Å². The molecule has 5 N–H and O–H groups in total. The zero-order valence-corrected chi connectivity index (χ0v) is 21.1. The Balaban J connectivity index is 1.57. The molecule has 4 rings (SSSR count). The summed E-state index contributed by atoms with van der Waals surface area (Å²) in [7, 11) is -4.62. The van der Waals surface area contributed by atoms with Crippen molar-refractivity contribution in [2.24, 2.45) is 0 Å². The summed E-state index contributed by atoms with van der Waals surface area (Å²) in [5.74, 6) is -1.33. The molecule has 0 spiro atoms. The third-order valence-corrected chi connectivity index (χ3v) is 6.73. The third kappa shape index (κ3) is 6.49. The number of carboxylic acid groups (broad SMARTS) is 1. The van der Waals surface area contributed by atoms with E-state index in [9.17, 15) is 22.6 Å². The average Bonchev–Trinajstić information content (AvgIpc) is 2.84. The number of amides is 2. The zero-order chi connectivity index (χ0) is 27.4. The van der Waals surface area contributed by atoms with Gasteiger partial charge in [-0.25, -0.2) is 14.8 Å². The maximum atomic E-state index is 12.7. The van der Waals surface area contributed by atoms with Crippen molar-refractivity contribution >= 4 is 67.1 Å². The number of hydrogen-bond acceptors (Lipinski definition) is 9. The number of aliphatic carboxylic acids is 1. The van der Waals surface area contributed by atoms with Crippen molar-refractivity contribution in [3.05, 3.63) is 66.2 Å². The number of urea groups is 1. The fraction of sp³-hybridized carbons (Fsp3) is 0.0833. The van der Waals surface area contributed by atoms with E-state index in [1.165, 1.54) is 24.3 Å². The van der Waals surface area contributed by atoms with Crippen LogP contribution in [0.4, 0.5) is 16.2 Å². The number of benzene rings is 4. The standard InChI is InChI=1S/C24H20N2O10S2/c1-13-6-18(37-36-35-30)9-14-7-16(2-4-20(13)14)25-24(29)26-17-3-5-21-15(8-17)10-19(38(31,32)33)11-22(21)34-12-23(27)28/h2-11,30H,12H2,1H3,(H,27,28)(H2,25,26,29)(H,31,32,33). The number of rotatable bonds is 9. The van der Waals surface area contributed by atoms with Crippen LogP contribution >= 0.6 is 12.0 Å². The van der Waals surface area contributed by atoms with Gasteiger partial charge in [0.1, 0.15) is 5.75 Å². The molecule has 4 aromatic rings. The van der Waals surface area contributed by atoms with E-state index in [1.54, 1.807) is 18.2 Å². The van der Waals surface area contributed by atoms with E-state index >= 15 is 0 Å². The van der Waals surface area contributed by atoms with Gasteiger partial charge in [-0.2, -0.15) is 8.42 Å². The highest BCUT2D eigenvalue weighted by Crippen LogP contribution is 2.32. The van der Waals surface area contributed by atoms with Gasteiger partial charge >= 0.3 is 12.0 Å². The molecule has 0 aliphatic heterocycles. The lowest BCUT2D eigenvalue weighted by atomic mass is 10.0. The van der Waals surface area contributed by atoms with Gasteiger partial charge in [-0.05, 0) is 77.2 Å². The van der Waals surface area contributed by atoms with Gasteiger partial charge in [-0.3, -0.25) is 4.55 Å². The molecule has 0 radical (unpaired) electrons. The van der Waals surface area contributed by atoms with Crippen LogP contribution in [0.2, 0.25) is 0 Å². The summed E-state index contributed by atoms with van der Waals surface area (Å²) in [4.78, 5) is 23.8. The summed E-state index contributed by atoms with van der Waals surface area (Å²) in [5, 5.41) is 28.6. The maximum Gasteiger partial charge on any atom is 0.341 e. The van der Waals surface area contributed by atoms with Gasteiger partial charge in [0, 0.05) is 27.7 Å². The van der Waals surface area contributed by atoms with Gasteiger partial charge < -0.3 is 20.5 Å². The summed E-state index contributed by atoms with van der Waals surface area (Å²) >= 11 is 0.816. The van der Waals surface area contributed by atoms with E-state index < -0.39 is 33.6 Å². The van der Waals surface area contributed by atoms with E-state index in [1.807, 2.05) is 19.1 Å². The minimum atomic E-state index is -4.62. The summed E-state index contributed by atoms with van der Waals surface area (Å²) < 4.78 is 42.5. The molecular formula is C24H20N2O10S2. The zero-order valence-electron chi connectivity index (χ0n) is 19.5. The highest BCUT2D eigenvalue weighted by Gasteiger charge is 2.16. The molecule has 14 heteroatoms. The van der Waals surface area contributed by atoms with Crippen molar-refractivity contribution < 1.29 is 47.0 Å². The summed E-state index contributed by atoms with van der Waals surface area (Å²) in [5.41, 5.74) is 1.72. The van der Waals surface area contributed by atoms with Crippen molar-refractivity contribution in [2.75, 3.05) is 17.2 Å². The summed E-state index contributed by atoms with van der Waals surface area (Å²) in [6, 6.07) is 15.0. The molecule has 38 heavy (non-hydrogen) atoms. The number of carboxylic acids is 1. The lowest BCUT2D eigenvalue weighted by Crippen LogP contribution is -2.19. The van der Waals surface area contributed by atoms with Crippen LogP contribution in [0.5, 0.6) is 5.75 Å². The molecular weight excluding hydrogens is 540 g/mol. The number of anilines is 2. The van der Waals surface area contributed by atoms with Crippen LogP contribution in [0.3, 0.4) is 0 Å². The van der Waals surface area contributed by atoms with E-state index in [0.29, 0.717) is 21.7 Å². The molecule has 0 saturated heterocycles. The molecule has 0 atom stereocenters. The van der Waals surface area contributed by atoms with Gasteiger partial charge in [0.05, 0.1) is 16.9 Å². The predicted molar refractivity (Wildman–Crippen MR) is 139 cm³/mol. The topological polar surface area (TPSA) is 181 Å². The number of nitrogens with one attached hydrogen (secondary N) is 2. The third-order valence-electron chi connectivity index (χ3n) is 5.35. The van der Waals surface area contributed by atoms with E-state index in [2.05, 4.69) is 20.0 Å². The van der Waals surface area contributed by atoms with Crippen LogP contribution in [0.15, 0.2) is 70.5 Å². The van der Waals surface area contributed by atoms with Crippen molar-refractivity contribution in [3.8, 4) is 5.75 Å². The predicted octanol–water partition coefficient (Wildman–Crippen LogP) is 5.08. The number of fused-ring (bicyclic) bond motifs is 2. The Labute approximate surface area is 219 Å². The first-order valence-corrected chi connectivity index (χ1v) is 12.9. The quantitative estimate of drug-likeness (QED) is 0.0796. The van der Waals surface area contributed by atoms with Crippen LogP contribution < -0.4 is 15.4 Å². The van der Waals surface area contributed by atoms with Gasteiger partial charge in [0.25, 0.3) is 10.1 Å². The van der Waals surface area contributed by atoms with E-state index in [4.69, 9.17) is 15.1 Å². The van der Waals surface area contributed by atoms with Crippen LogP contribution in [0.1, 0.15) is 5.56 Å². The highest BCUT2D eigenvalue weighted by atomic mass is 32.2. The molecule has 2 amide bonds. The molecule has 0 aliphatic rings. The Morgan fingerprint density at radius 1 is 0.921 bits per heavy atom. The molecule has 0 saturated carbocycles. The second-order valence-electron chi connectivity index (χ2n) is 8.00. The molecule has 0 unspecified atom stereocenters. The van der Waals surface area contributed by atoms with Crippen LogP contribution in [-0.2, 0) is 24.3 Å². The monoisotopic (exact) mass is 560 g/mol. The Bertz CT molecular complexity index is 1660. The second-order valence-corrected chi connectivity index (χ2v) is 10.2. The molecule has 0 heterocycles. The Morgan fingerprint density at radius 2 is 1.55 bits per heavy atom. The average molecular weight is 561 g/mol. The van der Waals surface area contributed by atoms with Crippen LogP contribution in [-0.4, -0.2) is 41.9 Å². The highest BCUT2D eigenvalue weighted by molar-refractivity contribution is 7.94. The van der Waals surface area contributed by atoms with Crippen LogP contribution in [0, 0.1) is 6.92 Å². The minimum absolute atomic E-state index is 0.0616. The van der Waals surface area contributed by atoms with E-state index in [-0.39, 0.29) is 11.1 Å². The first kappa shape index (κ1) is 27.1. The normalized spacial score (nSPS) is 11.4. The summed E-state index contributed by atoms with van der Waals surface area (Å²) in [6.07, 6.45) is 0. The first-order chi connectivity index (χ1) is 18.0. The number of carbonyl (C=O) groups excluding carboxylic acids is 1.